The number of anilines is 1. The Morgan fingerprint density at radius 1 is 1.21 bits per heavy atom. The number of sulfonamides is 1. The van der Waals surface area contributed by atoms with Crippen molar-refractivity contribution in [1.29, 1.82) is 0 Å². The summed E-state index contributed by atoms with van der Waals surface area (Å²) >= 11 is 11.8. The van der Waals surface area contributed by atoms with Gasteiger partial charge >= 0.3 is 5.97 Å². The molecule has 0 aliphatic heterocycles. The van der Waals surface area contributed by atoms with E-state index in [0.717, 1.165) is 0 Å². The van der Waals surface area contributed by atoms with Gasteiger partial charge < -0.3 is 5.11 Å². The zero-order valence-corrected chi connectivity index (χ0v) is 14.1. The fraction of sp³-hybridized carbons (Fsp3) is 0. The van der Waals surface area contributed by atoms with Crippen LogP contribution in [0.2, 0.25) is 10.2 Å². The molecule has 0 saturated heterocycles. The first kappa shape index (κ1) is 16.6. The monoisotopic (exact) mass is 385 g/mol. The van der Waals surface area contributed by atoms with Gasteiger partial charge in [0, 0.05) is 17.3 Å². The molecule has 0 fully saturated rings. The van der Waals surface area contributed by atoms with Crippen LogP contribution in [0.3, 0.4) is 0 Å². The molecule has 3 rings (SSSR count). The van der Waals surface area contributed by atoms with Crippen molar-refractivity contribution < 1.29 is 18.3 Å². The zero-order chi connectivity index (χ0) is 17.5. The van der Waals surface area contributed by atoms with Crippen LogP contribution < -0.4 is 4.72 Å². The molecule has 10 heteroatoms. The average molecular weight is 386 g/mol. The van der Waals surface area contributed by atoms with Crippen molar-refractivity contribution >= 4 is 50.5 Å². The normalized spacial score (nSPS) is 11.6. The SMILES string of the molecule is O=C(O)c1ccccc1NS(=O)(=O)c1c(Cl)nc2cc(Cl)ccn12. The number of nitrogens with zero attached hydrogens (tertiary/aromatic N) is 2. The molecular formula is C14H9Cl2N3O4S. The predicted molar refractivity (Wildman–Crippen MR) is 89.4 cm³/mol. The Labute approximate surface area is 146 Å². The van der Waals surface area contributed by atoms with Crippen molar-refractivity contribution in [3.05, 3.63) is 58.3 Å². The summed E-state index contributed by atoms with van der Waals surface area (Å²) in [5.41, 5.74) is -0.0153. The van der Waals surface area contributed by atoms with Gasteiger partial charge in [-0.25, -0.2) is 9.78 Å². The summed E-state index contributed by atoms with van der Waals surface area (Å²) in [5, 5.41) is 8.97. The quantitative estimate of drug-likeness (QED) is 0.718. The Bertz CT molecular complexity index is 1060. The third-order valence-electron chi connectivity index (χ3n) is 3.16. The van der Waals surface area contributed by atoms with Crippen molar-refractivity contribution in [1.82, 2.24) is 9.38 Å². The van der Waals surface area contributed by atoms with Gasteiger partial charge in [-0.1, -0.05) is 35.3 Å². The number of imidazole rings is 1. The summed E-state index contributed by atoms with van der Waals surface area (Å²) < 4.78 is 28.8. The fourth-order valence-corrected chi connectivity index (χ4v) is 4.04. The molecule has 0 aliphatic rings. The van der Waals surface area contributed by atoms with Crippen LogP contribution in [-0.4, -0.2) is 28.9 Å². The summed E-state index contributed by atoms with van der Waals surface area (Å²) in [6.45, 7) is 0. The number of carboxylic acids is 1. The minimum Gasteiger partial charge on any atom is -0.478 e. The van der Waals surface area contributed by atoms with Gasteiger partial charge in [0.15, 0.2) is 10.2 Å². The van der Waals surface area contributed by atoms with Crippen LogP contribution in [0.25, 0.3) is 5.65 Å². The Hall–Kier alpha value is -2.29. The number of aromatic carboxylic acids is 1. The van der Waals surface area contributed by atoms with Crippen molar-refractivity contribution in [2.45, 2.75) is 5.03 Å². The van der Waals surface area contributed by atoms with E-state index in [9.17, 15) is 13.2 Å². The molecule has 0 amide bonds. The van der Waals surface area contributed by atoms with Crippen molar-refractivity contribution in [2.24, 2.45) is 0 Å². The first-order valence-corrected chi connectivity index (χ1v) is 8.72. The summed E-state index contributed by atoms with van der Waals surface area (Å²) in [6, 6.07) is 8.57. The Balaban J connectivity index is 2.13. The third kappa shape index (κ3) is 2.91. The predicted octanol–water partition coefficient (Wildman–Crippen LogP) is 3.14. The molecule has 2 heterocycles. The third-order valence-corrected chi connectivity index (χ3v) is 5.16. The van der Waals surface area contributed by atoms with Crippen LogP contribution in [-0.2, 0) is 10.0 Å². The number of aromatic nitrogens is 2. The Morgan fingerprint density at radius 3 is 2.62 bits per heavy atom. The molecule has 0 unspecified atom stereocenters. The van der Waals surface area contributed by atoms with Crippen molar-refractivity contribution in [3.8, 4) is 0 Å². The first-order valence-electron chi connectivity index (χ1n) is 6.48. The first-order chi connectivity index (χ1) is 11.3. The van der Waals surface area contributed by atoms with E-state index in [0.29, 0.717) is 5.02 Å². The van der Waals surface area contributed by atoms with Crippen LogP contribution in [0.1, 0.15) is 10.4 Å². The molecule has 2 aromatic heterocycles. The second-order valence-corrected chi connectivity index (χ2v) is 7.13. The molecule has 0 aliphatic carbocycles. The Morgan fingerprint density at radius 2 is 1.92 bits per heavy atom. The van der Waals surface area contributed by atoms with Gasteiger partial charge in [0.1, 0.15) is 5.65 Å². The minimum atomic E-state index is -4.18. The summed E-state index contributed by atoms with van der Waals surface area (Å²) in [4.78, 5) is 15.2. The van der Waals surface area contributed by atoms with Gasteiger partial charge in [0.2, 0.25) is 0 Å². The lowest BCUT2D eigenvalue weighted by Crippen LogP contribution is -2.17. The highest BCUT2D eigenvalue weighted by Crippen LogP contribution is 2.27. The molecule has 24 heavy (non-hydrogen) atoms. The molecule has 2 N–H and O–H groups in total. The van der Waals surface area contributed by atoms with Gasteiger partial charge in [0.25, 0.3) is 10.0 Å². The van der Waals surface area contributed by atoms with Gasteiger partial charge in [0.05, 0.1) is 11.3 Å². The van der Waals surface area contributed by atoms with Gasteiger partial charge in [-0.3, -0.25) is 9.12 Å². The molecule has 1 aromatic carbocycles. The van der Waals surface area contributed by atoms with Gasteiger partial charge in [-0.15, -0.1) is 0 Å². The second-order valence-electron chi connectivity index (χ2n) is 4.74. The molecule has 7 nitrogen and oxygen atoms in total. The number of hydrogen-bond acceptors (Lipinski definition) is 4. The molecule has 124 valence electrons. The molecule has 0 saturated carbocycles. The minimum absolute atomic E-state index is 0.0787. The van der Waals surface area contributed by atoms with Crippen molar-refractivity contribution in [2.75, 3.05) is 4.72 Å². The number of para-hydroxylation sites is 1. The van der Waals surface area contributed by atoms with Crippen molar-refractivity contribution in [3.63, 3.8) is 0 Å². The van der Waals surface area contributed by atoms with E-state index >= 15 is 0 Å². The van der Waals surface area contributed by atoms with Crippen LogP contribution in [0.15, 0.2) is 47.6 Å². The molecule has 0 bridgehead atoms. The topological polar surface area (TPSA) is 101 Å². The fourth-order valence-electron chi connectivity index (χ4n) is 2.16. The number of benzene rings is 1. The van der Waals surface area contributed by atoms with E-state index in [4.69, 9.17) is 28.3 Å². The average Bonchev–Trinajstić information content (AvgIpc) is 2.82. The van der Waals surface area contributed by atoms with E-state index in [2.05, 4.69) is 9.71 Å². The maximum absolute atomic E-state index is 12.7. The van der Waals surface area contributed by atoms with Crippen LogP contribution >= 0.6 is 23.2 Å². The summed E-state index contributed by atoms with van der Waals surface area (Å²) in [5.74, 6) is -1.26. The standard InChI is InChI=1S/C14H9Cl2N3O4S/c15-8-5-6-19-11(7-8)17-12(16)13(19)24(22,23)18-10-4-2-1-3-9(10)14(20)21/h1-7,18H,(H,20,21). The number of carboxylic acid groups (broad SMARTS) is 1. The lowest BCUT2D eigenvalue weighted by molar-refractivity contribution is 0.0698. The summed E-state index contributed by atoms with van der Waals surface area (Å²) in [7, 11) is -4.18. The molecule has 0 atom stereocenters. The zero-order valence-electron chi connectivity index (χ0n) is 11.8. The number of pyridine rings is 1. The lowest BCUT2D eigenvalue weighted by Gasteiger charge is -2.10. The smallest absolute Gasteiger partial charge is 0.337 e. The molecular weight excluding hydrogens is 377 g/mol. The summed E-state index contributed by atoms with van der Waals surface area (Å²) in [6.07, 6.45) is 1.41. The maximum Gasteiger partial charge on any atom is 0.337 e. The number of carbonyl (C=O) groups is 1. The molecule has 0 spiro atoms. The largest absolute Gasteiger partial charge is 0.478 e. The molecule has 0 radical (unpaired) electrons. The highest BCUT2D eigenvalue weighted by Gasteiger charge is 2.26. The van der Waals surface area contributed by atoms with Gasteiger partial charge in [-0.2, -0.15) is 8.42 Å². The van der Waals surface area contributed by atoms with E-state index in [-0.39, 0.29) is 27.1 Å². The highest BCUT2D eigenvalue weighted by molar-refractivity contribution is 7.92. The van der Waals surface area contributed by atoms with E-state index < -0.39 is 16.0 Å². The van der Waals surface area contributed by atoms with E-state index in [1.807, 2.05) is 0 Å². The number of hydrogen-bond donors (Lipinski definition) is 2. The number of halogens is 2. The van der Waals surface area contributed by atoms with E-state index in [1.54, 1.807) is 0 Å². The van der Waals surface area contributed by atoms with Crippen LogP contribution in [0.5, 0.6) is 0 Å². The lowest BCUT2D eigenvalue weighted by atomic mass is 10.2. The number of fused-ring (bicyclic) bond motifs is 1. The number of rotatable bonds is 4. The Kier molecular flexibility index (Phi) is 4.12. The highest BCUT2D eigenvalue weighted by atomic mass is 35.5. The maximum atomic E-state index is 12.7. The van der Waals surface area contributed by atoms with Gasteiger partial charge in [-0.05, 0) is 18.2 Å². The number of nitrogens with one attached hydrogen (secondary N) is 1. The second kappa shape index (κ2) is 5.97. The van der Waals surface area contributed by atoms with Crippen LogP contribution in [0, 0.1) is 0 Å². The van der Waals surface area contributed by atoms with Crippen LogP contribution in [0.4, 0.5) is 5.69 Å². The molecule has 3 aromatic rings. The van der Waals surface area contributed by atoms with E-state index in [1.165, 1.54) is 47.0 Å².